The number of aryl methyl sites for hydroxylation is 1. The maximum atomic E-state index is 15.1. The maximum Gasteiger partial charge on any atom is 0.305 e. The fraction of sp³-hybridized carbons (Fsp3) is 0.600. The first-order chi connectivity index (χ1) is 24.2. The van der Waals surface area contributed by atoms with Crippen molar-refractivity contribution in [2.45, 2.75) is 106 Å². The number of carbonyl (C=O) groups excluding carboxylic acids is 1. The van der Waals surface area contributed by atoms with Crippen molar-refractivity contribution < 1.29 is 22.3 Å². The van der Waals surface area contributed by atoms with Gasteiger partial charge in [-0.15, -0.1) is 0 Å². The molecule has 50 heavy (non-hydrogen) atoms. The third-order valence-corrected chi connectivity index (χ3v) is 14.7. The van der Waals surface area contributed by atoms with E-state index in [1.54, 1.807) is 18.2 Å². The van der Waals surface area contributed by atoms with Gasteiger partial charge in [0.25, 0.3) is 0 Å². The fourth-order valence-electron chi connectivity index (χ4n) is 9.47. The summed E-state index contributed by atoms with van der Waals surface area (Å²) in [4.78, 5) is 22.7. The molecule has 2 aliphatic carbocycles. The summed E-state index contributed by atoms with van der Waals surface area (Å²) in [6.07, 6.45) is 12.2. The molecule has 7 rings (SSSR count). The lowest BCUT2D eigenvalue weighted by Gasteiger charge is -2.51. The predicted octanol–water partition coefficient (Wildman–Crippen LogP) is 6.82. The number of benzene rings is 2. The van der Waals surface area contributed by atoms with Crippen LogP contribution in [0.15, 0.2) is 65.8 Å². The van der Waals surface area contributed by atoms with Crippen LogP contribution in [0.3, 0.4) is 0 Å². The number of likely N-dealkylation sites (tertiary alicyclic amines) is 1. The van der Waals surface area contributed by atoms with Crippen LogP contribution in [-0.2, 0) is 37.7 Å². The molecule has 8 nitrogen and oxygen atoms in total. The number of hydrogen-bond acceptors (Lipinski definition) is 7. The quantitative estimate of drug-likeness (QED) is 0.181. The highest BCUT2D eigenvalue weighted by atomic mass is 32.2. The van der Waals surface area contributed by atoms with E-state index in [2.05, 4.69) is 38.5 Å². The van der Waals surface area contributed by atoms with Crippen LogP contribution in [0.1, 0.15) is 83.0 Å². The zero-order valence-corrected chi connectivity index (χ0v) is 30.5. The van der Waals surface area contributed by atoms with E-state index in [1.165, 1.54) is 6.07 Å². The molecule has 3 atom stereocenters. The van der Waals surface area contributed by atoms with Gasteiger partial charge in [-0.1, -0.05) is 32.4 Å². The van der Waals surface area contributed by atoms with Crippen LogP contribution in [0.5, 0.6) is 0 Å². The van der Waals surface area contributed by atoms with Gasteiger partial charge in [-0.3, -0.25) is 4.79 Å². The highest BCUT2D eigenvalue weighted by Crippen LogP contribution is 2.52. The van der Waals surface area contributed by atoms with Crippen LogP contribution in [0.25, 0.3) is 0 Å². The van der Waals surface area contributed by atoms with Gasteiger partial charge >= 0.3 is 5.97 Å². The molecule has 10 heteroatoms. The summed E-state index contributed by atoms with van der Waals surface area (Å²) in [5, 5.41) is -0.206. The second kappa shape index (κ2) is 14.8. The van der Waals surface area contributed by atoms with E-state index in [9.17, 15) is 13.2 Å². The minimum Gasteiger partial charge on any atom is -0.462 e. The molecule has 2 aliphatic heterocycles. The molecule has 3 heterocycles. The second-order valence-electron chi connectivity index (χ2n) is 15.2. The Morgan fingerprint density at radius 2 is 1.72 bits per heavy atom. The van der Waals surface area contributed by atoms with Crippen LogP contribution in [-0.4, -0.2) is 72.9 Å². The highest BCUT2D eigenvalue weighted by molar-refractivity contribution is 7.92. The average molecular weight is 705 g/mol. The molecule has 0 N–H and O–H groups in total. The number of ether oxygens (including phenoxy) is 1. The van der Waals surface area contributed by atoms with Crippen LogP contribution in [0, 0.1) is 23.6 Å². The van der Waals surface area contributed by atoms with E-state index < -0.39 is 15.3 Å². The summed E-state index contributed by atoms with van der Waals surface area (Å²) in [5.41, 5.74) is 1.69. The maximum absolute atomic E-state index is 15.1. The Balaban J connectivity index is 1.06. The standard InChI is InChI=1S/C40H53FN4O4S/c1-3-38-42-20-23-44(38)28-40(31-8-5-9-32(41)24-31,36-12-7-13-37(36)49-39(46)4-2)30-18-21-43(22-19-30)25-29-26-45(27-29)33-14-16-35(17-15-33)50(47,48)34-10-6-11-34/h5,8-9,14-17,20,23-24,29-30,34,36-37H,3-4,6-7,10-13,18-19,21-22,25-28H2,1-2H3/t36-,37-,40-/m0/s1. The van der Waals surface area contributed by atoms with E-state index in [-0.39, 0.29) is 35.0 Å². The van der Waals surface area contributed by atoms with Gasteiger partial charge in [-0.25, -0.2) is 17.8 Å². The Morgan fingerprint density at radius 3 is 2.38 bits per heavy atom. The number of esters is 1. The Morgan fingerprint density at radius 1 is 0.980 bits per heavy atom. The molecule has 270 valence electrons. The number of rotatable bonds is 13. The van der Waals surface area contributed by atoms with Crippen LogP contribution >= 0.6 is 0 Å². The topological polar surface area (TPSA) is 84.7 Å². The molecule has 2 saturated carbocycles. The molecule has 0 radical (unpaired) electrons. The molecule has 2 aromatic carbocycles. The molecule has 4 fully saturated rings. The molecule has 3 aromatic rings. The Hall–Kier alpha value is -3.24. The first-order valence-corrected chi connectivity index (χ1v) is 20.5. The van der Waals surface area contributed by atoms with Crippen LogP contribution < -0.4 is 4.90 Å². The third kappa shape index (κ3) is 6.86. The SMILES string of the molecule is CCC(=O)O[C@H]1CCC[C@@H]1[C@](Cn1ccnc1CC)(c1cccc(F)c1)C1CCN(CC2CN(c3ccc(S(=O)(=O)C4CCC4)cc3)C2)CC1. The Labute approximate surface area is 297 Å². The van der Waals surface area contributed by atoms with Gasteiger partial charge < -0.3 is 19.1 Å². The molecule has 0 unspecified atom stereocenters. The van der Waals surface area contributed by atoms with Gasteiger partial charge in [0, 0.05) is 74.4 Å². The fourth-order valence-corrected chi connectivity index (χ4v) is 11.3. The molecule has 0 bridgehead atoms. The summed E-state index contributed by atoms with van der Waals surface area (Å²) in [7, 11) is -3.20. The van der Waals surface area contributed by atoms with Crippen molar-refractivity contribution in [3.8, 4) is 0 Å². The number of nitrogens with zero attached hydrogens (tertiary/aromatic N) is 4. The molecule has 0 amide bonds. The average Bonchev–Trinajstić information content (AvgIpc) is 3.73. The lowest BCUT2D eigenvalue weighted by atomic mass is 9.58. The number of aromatic nitrogens is 2. The predicted molar refractivity (Wildman–Crippen MR) is 193 cm³/mol. The molecule has 2 saturated heterocycles. The van der Waals surface area contributed by atoms with Crippen molar-refractivity contribution in [1.82, 2.24) is 14.5 Å². The van der Waals surface area contributed by atoms with Crippen molar-refractivity contribution in [3.05, 3.63) is 78.1 Å². The zero-order chi connectivity index (χ0) is 34.9. The minimum absolute atomic E-state index is 0.0822. The number of hydrogen-bond donors (Lipinski definition) is 0. The van der Waals surface area contributed by atoms with Gasteiger partial charge in [0.05, 0.1) is 10.1 Å². The van der Waals surface area contributed by atoms with Gasteiger partial charge in [-0.05, 0) is 106 Å². The highest BCUT2D eigenvalue weighted by Gasteiger charge is 2.53. The third-order valence-electron chi connectivity index (χ3n) is 12.4. The summed E-state index contributed by atoms with van der Waals surface area (Å²) < 4.78 is 49.2. The number of halogens is 1. The number of anilines is 1. The zero-order valence-electron chi connectivity index (χ0n) is 29.7. The van der Waals surface area contributed by atoms with E-state index >= 15 is 4.39 Å². The van der Waals surface area contributed by atoms with Crippen molar-refractivity contribution in [2.24, 2.45) is 17.8 Å². The van der Waals surface area contributed by atoms with E-state index in [1.807, 2.05) is 31.3 Å². The summed E-state index contributed by atoms with van der Waals surface area (Å²) >= 11 is 0. The molecule has 4 aliphatic rings. The van der Waals surface area contributed by atoms with E-state index in [4.69, 9.17) is 4.74 Å². The van der Waals surface area contributed by atoms with Crippen LogP contribution in [0.2, 0.25) is 0 Å². The number of carbonyl (C=O) groups is 1. The Bertz CT molecular complexity index is 1730. The summed E-state index contributed by atoms with van der Waals surface area (Å²) in [6.45, 7) is 9.58. The normalized spacial score (nSPS) is 23.7. The van der Waals surface area contributed by atoms with Crippen molar-refractivity contribution in [1.29, 1.82) is 0 Å². The van der Waals surface area contributed by atoms with Gasteiger partial charge in [-0.2, -0.15) is 0 Å². The largest absolute Gasteiger partial charge is 0.462 e. The Kier molecular flexibility index (Phi) is 10.4. The molecule has 0 spiro atoms. The second-order valence-corrected chi connectivity index (χ2v) is 17.5. The summed E-state index contributed by atoms with van der Waals surface area (Å²) in [5.74, 6) is 1.56. The number of piperidine rings is 1. The lowest BCUT2D eigenvalue weighted by Crippen LogP contribution is -2.55. The monoisotopic (exact) mass is 704 g/mol. The van der Waals surface area contributed by atoms with Gasteiger partial charge in [0.2, 0.25) is 0 Å². The van der Waals surface area contributed by atoms with Gasteiger partial charge in [0.1, 0.15) is 17.7 Å². The van der Waals surface area contributed by atoms with Crippen molar-refractivity contribution >= 4 is 21.5 Å². The minimum atomic E-state index is -3.20. The summed E-state index contributed by atoms with van der Waals surface area (Å²) in [6, 6.07) is 14.7. The molecular weight excluding hydrogens is 652 g/mol. The number of sulfone groups is 1. The van der Waals surface area contributed by atoms with Crippen molar-refractivity contribution in [2.75, 3.05) is 37.6 Å². The van der Waals surface area contributed by atoms with Crippen LogP contribution in [0.4, 0.5) is 10.1 Å². The first-order valence-electron chi connectivity index (χ1n) is 19.0. The lowest BCUT2D eigenvalue weighted by molar-refractivity contribution is -0.152. The van der Waals surface area contributed by atoms with E-state index in [0.29, 0.717) is 23.8 Å². The molecule has 1 aromatic heterocycles. The van der Waals surface area contributed by atoms with E-state index in [0.717, 1.165) is 108 Å². The van der Waals surface area contributed by atoms with Crippen molar-refractivity contribution in [3.63, 3.8) is 0 Å². The van der Waals surface area contributed by atoms with Gasteiger partial charge in [0.15, 0.2) is 9.84 Å². The molecular formula is C40H53FN4O4S. The number of imidazole rings is 1. The smallest absolute Gasteiger partial charge is 0.305 e. The first kappa shape index (κ1) is 35.2.